The summed E-state index contributed by atoms with van der Waals surface area (Å²) in [7, 11) is 0. The van der Waals surface area contributed by atoms with Crippen molar-refractivity contribution in [3.05, 3.63) is 98.2 Å². The number of piperidine rings is 1. The summed E-state index contributed by atoms with van der Waals surface area (Å²) in [6, 6.07) is 14.6. The number of likely N-dealkylation sites (tertiary alicyclic amines) is 1. The van der Waals surface area contributed by atoms with Crippen molar-refractivity contribution in [3.8, 4) is 0 Å². The van der Waals surface area contributed by atoms with Gasteiger partial charge in [-0.1, -0.05) is 23.9 Å². The highest BCUT2D eigenvalue weighted by Gasteiger charge is 2.27. The fourth-order valence-electron chi connectivity index (χ4n) is 4.60. The highest BCUT2D eigenvalue weighted by molar-refractivity contribution is 7.98. The third kappa shape index (κ3) is 5.70. The number of carbonyl (C=O) groups excluding carboxylic acids is 2. The Bertz CT molecular complexity index is 1610. The number of hydrogen-bond acceptors (Lipinski definition) is 8. The van der Waals surface area contributed by atoms with Gasteiger partial charge in [0.1, 0.15) is 5.76 Å². The molecule has 0 spiro atoms. The van der Waals surface area contributed by atoms with Crippen molar-refractivity contribution in [1.29, 1.82) is 0 Å². The van der Waals surface area contributed by atoms with Crippen LogP contribution in [0.25, 0.3) is 10.9 Å². The monoisotopic (exact) mass is 547 g/mol. The first kappa shape index (κ1) is 26.2. The Hall–Kier alpha value is -4.45. The summed E-state index contributed by atoms with van der Waals surface area (Å²) in [6.07, 6.45) is 2.56. The van der Waals surface area contributed by atoms with Gasteiger partial charge in [0.2, 0.25) is 5.91 Å². The molecule has 1 aliphatic rings. The quantitative estimate of drug-likeness (QED) is 0.152. The number of non-ortho nitro benzene ring substituents is 1. The van der Waals surface area contributed by atoms with E-state index in [-0.39, 0.29) is 35.5 Å². The maximum atomic E-state index is 13.6. The summed E-state index contributed by atoms with van der Waals surface area (Å²) in [4.78, 5) is 55.3. The molecule has 2 aromatic heterocycles. The molecule has 0 unspecified atom stereocenters. The normalized spacial score (nSPS) is 14.0. The minimum absolute atomic E-state index is 0.0180. The van der Waals surface area contributed by atoms with Crippen molar-refractivity contribution in [3.63, 3.8) is 0 Å². The lowest BCUT2D eigenvalue weighted by Gasteiger charge is -2.30. The molecule has 0 atom stereocenters. The first-order valence-corrected chi connectivity index (χ1v) is 13.3. The van der Waals surface area contributed by atoms with Gasteiger partial charge in [0, 0.05) is 42.5 Å². The molecule has 4 aromatic rings. The van der Waals surface area contributed by atoms with Crippen LogP contribution < -0.4 is 11.3 Å². The number of nitrogens with two attached hydrogens (primary N) is 1. The van der Waals surface area contributed by atoms with E-state index in [4.69, 9.17) is 15.1 Å². The fraction of sp³-hybridized carbons (Fsp3) is 0.259. The Morgan fingerprint density at radius 2 is 1.92 bits per heavy atom. The standard InChI is InChI=1S/C27H25N5O6S/c28-24(33)18-8-10-30(11-9-18)25(34)19-6-7-22-23(14-19)29-27(31(26(22)35)15-21-5-2-12-38-21)39-16-17-3-1-4-20(13-17)32(36)37/h1-7,12-14,18H,8-11,15-16H2,(H2,28,33). The van der Waals surface area contributed by atoms with Gasteiger partial charge in [-0.25, -0.2) is 4.98 Å². The van der Waals surface area contributed by atoms with Gasteiger partial charge in [0.25, 0.3) is 17.2 Å². The molecule has 0 aliphatic carbocycles. The lowest BCUT2D eigenvalue weighted by atomic mass is 9.96. The smallest absolute Gasteiger partial charge is 0.269 e. The third-order valence-electron chi connectivity index (χ3n) is 6.74. The fourth-order valence-corrected chi connectivity index (χ4v) is 5.54. The predicted molar refractivity (Wildman–Crippen MR) is 144 cm³/mol. The summed E-state index contributed by atoms with van der Waals surface area (Å²) < 4.78 is 6.95. The molecule has 1 aliphatic heterocycles. The second-order valence-corrected chi connectivity index (χ2v) is 10.2. The Balaban J connectivity index is 1.47. The van der Waals surface area contributed by atoms with Crippen LogP contribution in [0.5, 0.6) is 0 Å². The van der Waals surface area contributed by atoms with E-state index >= 15 is 0 Å². The van der Waals surface area contributed by atoms with E-state index in [0.29, 0.717) is 64.6 Å². The number of primary amides is 1. The molecule has 2 aromatic carbocycles. The van der Waals surface area contributed by atoms with Crippen LogP contribution >= 0.6 is 11.8 Å². The summed E-state index contributed by atoms with van der Waals surface area (Å²) in [5.74, 6) is 0.128. The van der Waals surface area contributed by atoms with Crippen molar-refractivity contribution >= 4 is 40.2 Å². The number of nitrogens with zero attached hydrogens (tertiary/aromatic N) is 4. The second-order valence-electron chi connectivity index (χ2n) is 9.28. The number of hydrogen-bond donors (Lipinski definition) is 1. The van der Waals surface area contributed by atoms with E-state index in [0.717, 1.165) is 0 Å². The van der Waals surface area contributed by atoms with Gasteiger partial charge >= 0.3 is 0 Å². The maximum absolute atomic E-state index is 13.6. The van der Waals surface area contributed by atoms with Crippen LogP contribution in [0.2, 0.25) is 0 Å². The van der Waals surface area contributed by atoms with E-state index < -0.39 is 4.92 Å². The Morgan fingerprint density at radius 1 is 1.13 bits per heavy atom. The van der Waals surface area contributed by atoms with Crippen LogP contribution in [0.4, 0.5) is 5.69 Å². The number of thioether (sulfide) groups is 1. The number of rotatable bonds is 8. The molecule has 39 heavy (non-hydrogen) atoms. The zero-order chi connectivity index (χ0) is 27.5. The number of benzene rings is 2. The molecule has 12 heteroatoms. The summed E-state index contributed by atoms with van der Waals surface area (Å²) in [5, 5.41) is 11.9. The number of nitro benzene ring substituents is 1. The lowest BCUT2D eigenvalue weighted by Crippen LogP contribution is -2.41. The summed E-state index contributed by atoms with van der Waals surface area (Å²) >= 11 is 1.27. The van der Waals surface area contributed by atoms with Crippen molar-refractivity contribution in [2.24, 2.45) is 11.7 Å². The van der Waals surface area contributed by atoms with Gasteiger partial charge in [0.05, 0.1) is 28.6 Å². The van der Waals surface area contributed by atoms with E-state index in [9.17, 15) is 24.5 Å². The minimum Gasteiger partial charge on any atom is -0.467 e. The number of carbonyl (C=O) groups is 2. The molecular formula is C27H25N5O6S. The second kappa shape index (κ2) is 11.1. The third-order valence-corrected chi connectivity index (χ3v) is 7.78. The van der Waals surface area contributed by atoms with Crippen molar-refractivity contribution in [1.82, 2.24) is 14.5 Å². The van der Waals surface area contributed by atoms with E-state index in [1.807, 2.05) is 0 Å². The summed E-state index contributed by atoms with van der Waals surface area (Å²) in [6.45, 7) is 1.00. The maximum Gasteiger partial charge on any atom is 0.269 e. The molecule has 5 rings (SSSR count). The Morgan fingerprint density at radius 3 is 2.62 bits per heavy atom. The van der Waals surface area contributed by atoms with Gasteiger partial charge in [-0.3, -0.25) is 29.1 Å². The number of aromatic nitrogens is 2. The molecular weight excluding hydrogens is 522 g/mol. The zero-order valence-electron chi connectivity index (χ0n) is 20.8. The number of amides is 2. The number of fused-ring (bicyclic) bond motifs is 1. The molecule has 0 saturated carbocycles. The molecule has 3 heterocycles. The zero-order valence-corrected chi connectivity index (χ0v) is 21.6. The van der Waals surface area contributed by atoms with Crippen LogP contribution in [-0.4, -0.2) is 44.3 Å². The average molecular weight is 548 g/mol. The first-order chi connectivity index (χ1) is 18.8. The SMILES string of the molecule is NC(=O)C1CCN(C(=O)c2ccc3c(=O)n(Cc4ccco4)c(SCc4cccc([N+](=O)[O-])c4)nc3c2)CC1. The molecule has 11 nitrogen and oxygen atoms in total. The Labute approximate surface area is 226 Å². The predicted octanol–water partition coefficient (Wildman–Crippen LogP) is 3.58. The lowest BCUT2D eigenvalue weighted by molar-refractivity contribution is -0.384. The Kier molecular flexibility index (Phi) is 7.46. The first-order valence-electron chi connectivity index (χ1n) is 12.3. The average Bonchev–Trinajstić information content (AvgIpc) is 3.46. The molecule has 1 saturated heterocycles. The van der Waals surface area contributed by atoms with E-state index in [2.05, 4.69) is 0 Å². The molecule has 0 radical (unpaired) electrons. The van der Waals surface area contributed by atoms with E-state index in [1.54, 1.807) is 47.4 Å². The number of nitro groups is 1. The highest BCUT2D eigenvalue weighted by Crippen LogP contribution is 2.26. The van der Waals surface area contributed by atoms with Crippen LogP contribution in [0.1, 0.15) is 34.5 Å². The van der Waals surface area contributed by atoms with Gasteiger partial charge in [-0.15, -0.1) is 0 Å². The molecule has 1 fully saturated rings. The summed E-state index contributed by atoms with van der Waals surface area (Å²) in [5.41, 5.74) is 6.57. The van der Waals surface area contributed by atoms with E-state index in [1.165, 1.54) is 34.7 Å². The van der Waals surface area contributed by atoms with Gasteiger partial charge in [-0.2, -0.15) is 0 Å². The van der Waals surface area contributed by atoms with Crippen LogP contribution in [0.15, 0.2) is 75.2 Å². The minimum atomic E-state index is -0.454. The van der Waals surface area contributed by atoms with Gasteiger partial charge in [0.15, 0.2) is 5.16 Å². The van der Waals surface area contributed by atoms with Crippen LogP contribution in [0, 0.1) is 16.0 Å². The van der Waals surface area contributed by atoms with Crippen LogP contribution in [-0.2, 0) is 17.1 Å². The number of furan rings is 1. The van der Waals surface area contributed by atoms with Crippen molar-refractivity contribution in [2.75, 3.05) is 13.1 Å². The molecule has 2 N–H and O–H groups in total. The molecule has 0 bridgehead atoms. The van der Waals surface area contributed by atoms with Crippen LogP contribution in [0.3, 0.4) is 0 Å². The molecule has 200 valence electrons. The van der Waals surface area contributed by atoms with Crippen molar-refractivity contribution < 1.29 is 18.9 Å². The molecule has 2 amide bonds. The van der Waals surface area contributed by atoms with Gasteiger partial charge < -0.3 is 15.1 Å². The topological polar surface area (TPSA) is 155 Å². The highest BCUT2D eigenvalue weighted by atomic mass is 32.2. The van der Waals surface area contributed by atoms with Crippen molar-refractivity contribution in [2.45, 2.75) is 30.3 Å². The van der Waals surface area contributed by atoms with Gasteiger partial charge in [-0.05, 0) is 48.7 Å². The largest absolute Gasteiger partial charge is 0.467 e.